The Kier molecular flexibility index (Phi) is 4.90. The van der Waals surface area contributed by atoms with Gasteiger partial charge in [-0.2, -0.15) is 0 Å². The van der Waals surface area contributed by atoms with Crippen LogP contribution in [0.5, 0.6) is 0 Å². The Morgan fingerprint density at radius 1 is 1.23 bits per heavy atom. The molecule has 0 bridgehead atoms. The van der Waals surface area contributed by atoms with Crippen molar-refractivity contribution in [3.05, 3.63) is 33.2 Å². The molecule has 0 radical (unpaired) electrons. The number of esters is 1. The Bertz CT molecular complexity index is 1000. The number of pyridine rings is 1. The minimum absolute atomic E-state index is 0.0397. The van der Waals surface area contributed by atoms with E-state index in [1.165, 1.54) is 0 Å². The van der Waals surface area contributed by atoms with Gasteiger partial charge in [-0.25, -0.2) is 0 Å². The molecule has 3 fully saturated rings. The van der Waals surface area contributed by atoms with Gasteiger partial charge in [0.05, 0.1) is 12.3 Å². The molecule has 8 nitrogen and oxygen atoms in total. The number of carbonyl (C=O) groups is 3. The zero-order valence-corrected chi connectivity index (χ0v) is 17.9. The van der Waals surface area contributed by atoms with E-state index < -0.39 is 11.5 Å². The van der Waals surface area contributed by atoms with Crippen molar-refractivity contribution in [1.82, 2.24) is 14.8 Å². The first-order chi connectivity index (χ1) is 14.9. The summed E-state index contributed by atoms with van der Waals surface area (Å²) in [5, 5.41) is 2.77. The van der Waals surface area contributed by atoms with E-state index in [4.69, 9.17) is 4.74 Å². The Morgan fingerprint density at radius 2 is 1.97 bits per heavy atom. The molecule has 5 rings (SSSR count). The summed E-state index contributed by atoms with van der Waals surface area (Å²) in [5.41, 5.74) is 0.980. The van der Waals surface area contributed by atoms with Gasteiger partial charge in [-0.1, -0.05) is 0 Å². The number of fused-ring (bicyclic) bond motifs is 1. The second-order valence-corrected chi connectivity index (χ2v) is 9.32. The predicted octanol–water partition coefficient (Wildman–Crippen LogP) is 1.69. The van der Waals surface area contributed by atoms with E-state index in [0.717, 1.165) is 49.7 Å². The lowest BCUT2D eigenvalue weighted by Crippen LogP contribution is -2.47. The fourth-order valence-electron chi connectivity index (χ4n) is 5.62. The highest BCUT2D eigenvalue weighted by Gasteiger charge is 2.55. The van der Waals surface area contributed by atoms with Gasteiger partial charge in [0.1, 0.15) is 11.2 Å². The van der Waals surface area contributed by atoms with Gasteiger partial charge in [0.25, 0.3) is 11.5 Å². The number of nitrogens with one attached hydrogen (secondary N) is 1. The zero-order chi connectivity index (χ0) is 21.8. The van der Waals surface area contributed by atoms with Gasteiger partial charge < -0.3 is 19.5 Å². The van der Waals surface area contributed by atoms with Gasteiger partial charge in [-0.15, -0.1) is 0 Å². The van der Waals surface area contributed by atoms with Crippen molar-refractivity contribution in [1.29, 1.82) is 0 Å². The number of rotatable bonds is 4. The molecule has 0 aromatic carbocycles. The summed E-state index contributed by atoms with van der Waals surface area (Å²) in [5.74, 6) is -1.08. The Hall–Kier alpha value is -2.64. The maximum Gasteiger partial charge on any atom is 0.307 e. The topological polar surface area (TPSA) is 97.7 Å². The van der Waals surface area contributed by atoms with Gasteiger partial charge in [-0.05, 0) is 63.0 Å². The quantitative estimate of drug-likeness (QED) is 0.738. The molecule has 1 spiro atoms. The standard InChI is InChI=1S/C23H29N3O5/c1-2-24-20(28)19-16-7-10-25(12-14(16)13-26(22(19)30)15-5-6-15)21(29)17-11-18(27)31-23(17)8-3-4-9-23/h13,15,17H,2-12H2,1H3,(H,24,28). The van der Waals surface area contributed by atoms with Crippen molar-refractivity contribution in [2.45, 2.75) is 76.5 Å². The van der Waals surface area contributed by atoms with Crippen molar-refractivity contribution in [2.24, 2.45) is 5.92 Å². The van der Waals surface area contributed by atoms with Crippen molar-refractivity contribution in [3.8, 4) is 0 Å². The van der Waals surface area contributed by atoms with Crippen molar-refractivity contribution in [2.75, 3.05) is 13.1 Å². The third-order valence-electron chi connectivity index (χ3n) is 7.31. The van der Waals surface area contributed by atoms with Crippen LogP contribution >= 0.6 is 0 Å². The summed E-state index contributed by atoms with van der Waals surface area (Å²) >= 11 is 0. The highest BCUT2D eigenvalue weighted by Crippen LogP contribution is 2.46. The molecular formula is C23H29N3O5. The molecule has 2 aliphatic carbocycles. The number of ether oxygens (including phenoxy) is 1. The van der Waals surface area contributed by atoms with E-state index in [-0.39, 0.29) is 41.4 Å². The molecule has 8 heteroatoms. The fraction of sp³-hybridized carbons (Fsp3) is 0.652. The minimum atomic E-state index is -0.632. The average molecular weight is 428 g/mol. The average Bonchev–Trinajstić information content (AvgIpc) is 3.40. The summed E-state index contributed by atoms with van der Waals surface area (Å²) in [7, 11) is 0. The predicted molar refractivity (Wildman–Crippen MR) is 111 cm³/mol. The van der Waals surface area contributed by atoms with E-state index in [1.54, 1.807) is 9.47 Å². The van der Waals surface area contributed by atoms with Crippen LogP contribution in [-0.2, 0) is 27.3 Å². The Labute approximate surface area is 180 Å². The van der Waals surface area contributed by atoms with Crippen LogP contribution in [0.2, 0.25) is 0 Å². The molecule has 2 amide bonds. The van der Waals surface area contributed by atoms with Crippen LogP contribution in [0.1, 0.15) is 79.4 Å². The molecule has 31 heavy (non-hydrogen) atoms. The molecule has 1 saturated heterocycles. The smallest absolute Gasteiger partial charge is 0.307 e. The van der Waals surface area contributed by atoms with Gasteiger partial charge in [0, 0.05) is 31.9 Å². The van der Waals surface area contributed by atoms with Gasteiger partial charge in [0.2, 0.25) is 5.91 Å². The molecule has 1 atom stereocenters. The second-order valence-electron chi connectivity index (χ2n) is 9.32. The van der Waals surface area contributed by atoms with Gasteiger partial charge >= 0.3 is 5.97 Å². The first-order valence-corrected chi connectivity index (χ1v) is 11.5. The molecular weight excluding hydrogens is 398 g/mol. The van der Waals surface area contributed by atoms with Crippen LogP contribution < -0.4 is 10.9 Å². The second kappa shape index (κ2) is 7.50. The first kappa shape index (κ1) is 20.3. The van der Waals surface area contributed by atoms with Crippen LogP contribution in [0.25, 0.3) is 0 Å². The molecule has 4 aliphatic rings. The molecule has 166 valence electrons. The van der Waals surface area contributed by atoms with Crippen molar-refractivity contribution >= 4 is 17.8 Å². The molecule has 3 heterocycles. The van der Waals surface area contributed by atoms with Gasteiger partial charge in [0.15, 0.2) is 0 Å². The van der Waals surface area contributed by atoms with Gasteiger partial charge in [-0.3, -0.25) is 19.2 Å². The lowest BCUT2D eigenvalue weighted by molar-refractivity contribution is -0.152. The summed E-state index contributed by atoms with van der Waals surface area (Å²) < 4.78 is 7.35. The monoisotopic (exact) mass is 427 g/mol. The highest BCUT2D eigenvalue weighted by molar-refractivity contribution is 5.96. The molecule has 1 aromatic rings. The third kappa shape index (κ3) is 3.36. The lowest BCUT2D eigenvalue weighted by Gasteiger charge is -2.35. The van der Waals surface area contributed by atoms with E-state index in [0.29, 0.717) is 26.1 Å². The lowest BCUT2D eigenvalue weighted by atomic mass is 9.84. The highest BCUT2D eigenvalue weighted by atomic mass is 16.6. The van der Waals surface area contributed by atoms with E-state index in [2.05, 4.69) is 5.32 Å². The molecule has 1 aromatic heterocycles. The van der Waals surface area contributed by atoms with E-state index >= 15 is 0 Å². The van der Waals surface area contributed by atoms with E-state index in [9.17, 15) is 19.2 Å². The number of hydrogen-bond acceptors (Lipinski definition) is 5. The maximum absolute atomic E-state index is 13.5. The van der Waals surface area contributed by atoms with Crippen molar-refractivity contribution in [3.63, 3.8) is 0 Å². The molecule has 1 unspecified atom stereocenters. The molecule has 2 aliphatic heterocycles. The van der Waals surface area contributed by atoms with E-state index in [1.807, 2.05) is 13.1 Å². The summed E-state index contributed by atoms with van der Waals surface area (Å²) in [6, 6.07) is 0.139. The minimum Gasteiger partial charge on any atom is -0.458 e. The number of carbonyl (C=O) groups excluding carboxylic acids is 3. The van der Waals surface area contributed by atoms with Crippen LogP contribution in [0.15, 0.2) is 11.0 Å². The number of nitrogens with zero attached hydrogens (tertiary/aromatic N) is 2. The summed E-state index contributed by atoms with van der Waals surface area (Å²) in [6.45, 7) is 3.07. The molecule has 2 saturated carbocycles. The Balaban J connectivity index is 1.46. The molecule has 1 N–H and O–H groups in total. The maximum atomic E-state index is 13.5. The normalized spacial score (nSPS) is 24.2. The summed E-state index contributed by atoms with van der Waals surface area (Å²) in [4.78, 5) is 53.1. The number of amides is 2. The van der Waals surface area contributed by atoms with Crippen LogP contribution in [0.4, 0.5) is 0 Å². The fourth-order valence-corrected chi connectivity index (χ4v) is 5.62. The van der Waals surface area contributed by atoms with Crippen LogP contribution in [-0.4, -0.2) is 45.9 Å². The number of aromatic nitrogens is 1. The Morgan fingerprint density at radius 3 is 2.65 bits per heavy atom. The third-order valence-corrected chi connectivity index (χ3v) is 7.31. The van der Waals surface area contributed by atoms with Crippen LogP contribution in [0, 0.1) is 5.92 Å². The van der Waals surface area contributed by atoms with Crippen molar-refractivity contribution < 1.29 is 19.1 Å². The largest absolute Gasteiger partial charge is 0.458 e. The first-order valence-electron chi connectivity index (χ1n) is 11.5. The zero-order valence-electron chi connectivity index (χ0n) is 17.9. The van der Waals surface area contributed by atoms with Crippen LogP contribution in [0.3, 0.4) is 0 Å². The summed E-state index contributed by atoms with van der Waals surface area (Å²) in [6.07, 6.45) is 7.77. The number of hydrogen-bond donors (Lipinski definition) is 1. The SMILES string of the molecule is CCNC(=O)c1c2c(cn(C3CC3)c1=O)CN(C(=O)C1CC(=O)OC13CCCC3)CC2.